The number of rotatable bonds is 3. The summed E-state index contributed by atoms with van der Waals surface area (Å²) >= 11 is 2.01. The number of nitrogens with two attached hydrogens (primary N) is 1. The Balaban J connectivity index is 2.42. The molecule has 1 heterocycles. The molecule has 0 spiro atoms. The van der Waals surface area contributed by atoms with Crippen molar-refractivity contribution in [2.75, 3.05) is 37.7 Å². The third-order valence-corrected chi connectivity index (χ3v) is 3.80. The zero-order valence-corrected chi connectivity index (χ0v) is 10.0. The quantitative estimate of drug-likeness (QED) is 0.719. The predicted octanol–water partition coefficient (Wildman–Crippen LogP) is 0.381. The van der Waals surface area contributed by atoms with Crippen LogP contribution in [0.15, 0.2) is 0 Å². The van der Waals surface area contributed by atoms with Crippen molar-refractivity contribution >= 4 is 11.8 Å². The lowest BCUT2D eigenvalue weighted by Gasteiger charge is -2.30. The highest BCUT2D eigenvalue weighted by molar-refractivity contribution is 7.99. The summed E-state index contributed by atoms with van der Waals surface area (Å²) in [5, 5.41) is 9.88. The number of aliphatic hydroxyl groups is 1. The summed E-state index contributed by atoms with van der Waals surface area (Å²) in [6.45, 7) is 7.28. The van der Waals surface area contributed by atoms with Gasteiger partial charge in [0.15, 0.2) is 0 Å². The molecular formula is C10H22N2OS. The fourth-order valence-corrected chi connectivity index (χ4v) is 2.81. The molecule has 3 nitrogen and oxygen atoms in total. The first kappa shape index (κ1) is 12.3. The van der Waals surface area contributed by atoms with Gasteiger partial charge in [0, 0.05) is 31.9 Å². The molecule has 1 fully saturated rings. The average molecular weight is 218 g/mol. The Hall–Kier alpha value is 0.230. The third kappa shape index (κ3) is 4.17. The Morgan fingerprint density at radius 2 is 2.36 bits per heavy atom. The van der Waals surface area contributed by atoms with E-state index in [0.717, 1.165) is 19.0 Å². The largest absolute Gasteiger partial charge is 0.388 e. The van der Waals surface area contributed by atoms with Crippen LogP contribution >= 0.6 is 11.8 Å². The van der Waals surface area contributed by atoms with Gasteiger partial charge in [0.25, 0.3) is 0 Å². The van der Waals surface area contributed by atoms with Crippen molar-refractivity contribution in [3.05, 3.63) is 0 Å². The SMILES string of the molecule is CC1CSCCN(CC(C)(O)CN)C1. The van der Waals surface area contributed by atoms with Gasteiger partial charge in [0.2, 0.25) is 0 Å². The minimum atomic E-state index is -0.727. The summed E-state index contributed by atoms with van der Waals surface area (Å²) in [5.74, 6) is 3.13. The molecule has 0 aromatic carbocycles. The zero-order valence-electron chi connectivity index (χ0n) is 9.20. The summed E-state index contributed by atoms with van der Waals surface area (Å²) in [7, 11) is 0. The van der Waals surface area contributed by atoms with Crippen molar-refractivity contribution in [2.24, 2.45) is 11.7 Å². The van der Waals surface area contributed by atoms with Crippen LogP contribution in [0.4, 0.5) is 0 Å². The van der Waals surface area contributed by atoms with Crippen molar-refractivity contribution in [3.63, 3.8) is 0 Å². The molecule has 14 heavy (non-hydrogen) atoms. The standard InChI is InChI=1S/C10H22N2OS/c1-9-5-12(3-4-14-6-9)8-10(2,13)7-11/h9,13H,3-8,11H2,1-2H3. The van der Waals surface area contributed by atoms with E-state index in [9.17, 15) is 5.11 Å². The van der Waals surface area contributed by atoms with Crippen molar-refractivity contribution in [3.8, 4) is 0 Å². The number of β-amino-alcohol motifs (C(OH)–C–C–N with tert-alkyl or cyclic N) is 1. The topological polar surface area (TPSA) is 49.5 Å². The van der Waals surface area contributed by atoms with Crippen LogP contribution in [0.3, 0.4) is 0 Å². The van der Waals surface area contributed by atoms with Gasteiger partial charge in [-0.2, -0.15) is 11.8 Å². The number of hydrogen-bond acceptors (Lipinski definition) is 4. The van der Waals surface area contributed by atoms with E-state index in [1.54, 1.807) is 0 Å². The smallest absolute Gasteiger partial charge is 0.0867 e. The normalized spacial score (nSPS) is 29.6. The van der Waals surface area contributed by atoms with Crippen LogP contribution in [0.1, 0.15) is 13.8 Å². The van der Waals surface area contributed by atoms with Gasteiger partial charge in [-0.3, -0.25) is 4.90 Å². The van der Waals surface area contributed by atoms with E-state index in [4.69, 9.17) is 5.73 Å². The molecule has 0 radical (unpaired) electrons. The first-order valence-electron chi connectivity index (χ1n) is 5.26. The van der Waals surface area contributed by atoms with E-state index in [-0.39, 0.29) is 0 Å². The molecule has 0 amide bonds. The highest BCUT2D eigenvalue weighted by Crippen LogP contribution is 2.16. The van der Waals surface area contributed by atoms with E-state index in [0.29, 0.717) is 13.1 Å². The summed E-state index contributed by atoms with van der Waals surface area (Å²) in [6.07, 6.45) is 0. The first-order valence-corrected chi connectivity index (χ1v) is 6.41. The zero-order chi connectivity index (χ0) is 10.6. The van der Waals surface area contributed by atoms with Crippen molar-refractivity contribution < 1.29 is 5.11 Å². The van der Waals surface area contributed by atoms with Gasteiger partial charge in [-0.05, 0) is 18.6 Å². The molecule has 0 aromatic heterocycles. The fourth-order valence-electron chi connectivity index (χ4n) is 1.75. The second-order valence-corrected chi connectivity index (χ2v) is 5.77. The molecule has 1 rings (SSSR count). The molecule has 1 aliphatic heterocycles. The van der Waals surface area contributed by atoms with Gasteiger partial charge in [-0.1, -0.05) is 6.92 Å². The van der Waals surface area contributed by atoms with Crippen LogP contribution < -0.4 is 5.73 Å². The Morgan fingerprint density at radius 1 is 1.64 bits per heavy atom. The first-order chi connectivity index (χ1) is 6.53. The van der Waals surface area contributed by atoms with Crippen LogP contribution in [-0.4, -0.2) is 53.3 Å². The van der Waals surface area contributed by atoms with E-state index >= 15 is 0 Å². The highest BCUT2D eigenvalue weighted by atomic mass is 32.2. The Kier molecular flexibility index (Phi) is 4.70. The maximum absolute atomic E-state index is 9.88. The molecule has 1 aliphatic rings. The van der Waals surface area contributed by atoms with E-state index in [2.05, 4.69) is 11.8 Å². The Labute approximate surface area is 91.0 Å². The maximum Gasteiger partial charge on any atom is 0.0867 e. The molecule has 0 aromatic rings. The van der Waals surface area contributed by atoms with Crippen LogP contribution in [0.5, 0.6) is 0 Å². The van der Waals surface area contributed by atoms with E-state index < -0.39 is 5.60 Å². The van der Waals surface area contributed by atoms with Crippen LogP contribution in [0.2, 0.25) is 0 Å². The second-order valence-electron chi connectivity index (χ2n) is 4.62. The summed E-state index contributed by atoms with van der Waals surface area (Å²) in [5.41, 5.74) is 4.79. The Bertz CT molecular complexity index is 176. The average Bonchev–Trinajstić information content (AvgIpc) is 2.29. The van der Waals surface area contributed by atoms with E-state index in [1.165, 1.54) is 11.5 Å². The number of nitrogens with zero attached hydrogens (tertiary/aromatic N) is 1. The third-order valence-electron chi connectivity index (χ3n) is 2.53. The fraction of sp³-hybridized carbons (Fsp3) is 1.00. The predicted molar refractivity (Wildman–Crippen MR) is 62.6 cm³/mol. The molecule has 1 saturated heterocycles. The molecule has 84 valence electrons. The monoisotopic (exact) mass is 218 g/mol. The molecule has 0 aliphatic carbocycles. The van der Waals surface area contributed by atoms with Crippen molar-refractivity contribution in [2.45, 2.75) is 19.4 Å². The lowest BCUT2D eigenvalue weighted by molar-refractivity contribution is 0.0267. The lowest BCUT2D eigenvalue weighted by atomic mass is 10.1. The van der Waals surface area contributed by atoms with Crippen LogP contribution in [0, 0.1) is 5.92 Å². The van der Waals surface area contributed by atoms with Crippen molar-refractivity contribution in [1.82, 2.24) is 4.90 Å². The number of thioether (sulfide) groups is 1. The molecule has 3 N–H and O–H groups in total. The van der Waals surface area contributed by atoms with Gasteiger partial charge in [0.05, 0.1) is 5.60 Å². The van der Waals surface area contributed by atoms with E-state index in [1.807, 2.05) is 18.7 Å². The minimum Gasteiger partial charge on any atom is -0.388 e. The summed E-state index contributed by atoms with van der Waals surface area (Å²) < 4.78 is 0. The van der Waals surface area contributed by atoms with Gasteiger partial charge >= 0.3 is 0 Å². The lowest BCUT2D eigenvalue weighted by Crippen LogP contribution is -2.47. The molecule has 0 bridgehead atoms. The number of hydrogen-bond donors (Lipinski definition) is 2. The molecular weight excluding hydrogens is 196 g/mol. The van der Waals surface area contributed by atoms with Crippen LogP contribution in [-0.2, 0) is 0 Å². The highest BCUT2D eigenvalue weighted by Gasteiger charge is 2.24. The van der Waals surface area contributed by atoms with Crippen molar-refractivity contribution in [1.29, 1.82) is 0 Å². The molecule has 2 unspecified atom stereocenters. The van der Waals surface area contributed by atoms with Gasteiger partial charge in [-0.15, -0.1) is 0 Å². The van der Waals surface area contributed by atoms with Gasteiger partial charge in [-0.25, -0.2) is 0 Å². The molecule has 4 heteroatoms. The molecule has 2 atom stereocenters. The Morgan fingerprint density at radius 3 is 3.00 bits per heavy atom. The van der Waals surface area contributed by atoms with Gasteiger partial charge < -0.3 is 10.8 Å². The van der Waals surface area contributed by atoms with Crippen LogP contribution in [0.25, 0.3) is 0 Å². The second kappa shape index (κ2) is 5.35. The maximum atomic E-state index is 9.88. The molecule has 0 saturated carbocycles. The minimum absolute atomic E-state index is 0.338. The summed E-state index contributed by atoms with van der Waals surface area (Å²) in [6, 6.07) is 0. The van der Waals surface area contributed by atoms with Gasteiger partial charge in [0.1, 0.15) is 0 Å². The summed E-state index contributed by atoms with van der Waals surface area (Å²) in [4.78, 5) is 2.33.